The van der Waals surface area contributed by atoms with E-state index in [0.717, 1.165) is 16.8 Å². The van der Waals surface area contributed by atoms with Crippen molar-refractivity contribution in [2.24, 2.45) is 0 Å². The lowest BCUT2D eigenvalue weighted by atomic mass is 10.2. The highest BCUT2D eigenvalue weighted by atomic mass is 35.5. The number of nitrogens with one attached hydrogen (secondary N) is 2. The predicted molar refractivity (Wildman–Crippen MR) is 130 cm³/mol. The fourth-order valence-electron chi connectivity index (χ4n) is 3.15. The average Bonchev–Trinajstić information content (AvgIpc) is 2.84. The third-order valence-electron chi connectivity index (χ3n) is 4.91. The molecule has 0 radical (unpaired) electrons. The second-order valence-electron chi connectivity index (χ2n) is 7.31. The van der Waals surface area contributed by atoms with Gasteiger partial charge in [-0.15, -0.1) is 0 Å². The second kappa shape index (κ2) is 10.2. The molecule has 1 heterocycles. The number of hydrogen-bond acceptors (Lipinski definition) is 6. The standard InChI is InChI=1S/C25H23ClN4O3/c1-17-8-11-20(12-9-17)30-25(31)24(26)23(16-28-30)33-21-13-10-18(14-22(21)32-2)15-27-29-19-6-4-3-5-7-19/h3-14,16,27,29H,15H2,1-2H3. The summed E-state index contributed by atoms with van der Waals surface area (Å²) in [5.41, 5.74) is 9.47. The molecule has 0 amide bonds. The lowest BCUT2D eigenvalue weighted by Crippen LogP contribution is -2.21. The molecule has 33 heavy (non-hydrogen) atoms. The number of hydrazine groups is 1. The summed E-state index contributed by atoms with van der Waals surface area (Å²) in [5, 5.41) is 4.15. The molecule has 0 saturated carbocycles. The van der Waals surface area contributed by atoms with Crippen LogP contribution >= 0.6 is 11.6 Å². The van der Waals surface area contributed by atoms with Gasteiger partial charge in [-0.25, -0.2) is 5.43 Å². The highest BCUT2D eigenvalue weighted by molar-refractivity contribution is 6.31. The first-order valence-corrected chi connectivity index (χ1v) is 10.7. The Balaban J connectivity index is 1.49. The molecule has 0 fully saturated rings. The quantitative estimate of drug-likeness (QED) is 0.354. The van der Waals surface area contributed by atoms with Gasteiger partial charge in [0.05, 0.1) is 19.0 Å². The van der Waals surface area contributed by atoms with Gasteiger partial charge in [0.15, 0.2) is 22.3 Å². The maximum atomic E-state index is 12.8. The third-order valence-corrected chi connectivity index (χ3v) is 5.26. The summed E-state index contributed by atoms with van der Waals surface area (Å²) >= 11 is 6.33. The second-order valence-corrected chi connectivity index (χ2v) is 7.69. The molecule has 0 bridgehead atoms. The molecule has 0 aliphatic rings. The predicted octanol–water partition coefficient (Wildman–Crippen LogP) is 5.11. The van der Waals surface area contributed by atoms with E-state index in [1.807, 2.05) is 73.7 Å². The molecular weight excluding hydrogens is 440 g/mol. The number of nitrogens with zero attached hydrogens (tertiary/aromatic N) is 2. The Morgan fingerprint density at radius 2 is 1.73 bits per heavy atom. The van der Waals surface area contributed by atoms with E-state index in [2.05, 4.69) is 16.0 Å². The molecule has 7 nitrogen and oxygen atoms in total. The summed E-state index contributed by atoms with van der Waals surface area (Å²) in [6.07, 6.45) is 1.42. The molecule has 0 unspecified atom stereocenters. The minimum absolute atomic E-state index is 0.0644. The van der Waals surface area contributed by atoms with Crippen LogP contribution in [0.5, 0.6) is 17.2 Å². The van der Waals surface area contributed by atoms with E-state index in [4.69, 9.17) is 21.1 Å². The number of para-hydroxylation sites is 1. The van der Waals surface area contributed by atoms with E-state index in [1.54, 1.807) is 13.2 Å². The molecule has 4 rings (SSSR count). The molecule has 0 spiro atoms. The Morgan fingerprint density at radius 1 is 0.970 bits per heavy atom. The summed E-state index contributed by atoms with van der Waals surface area (Å²) in [5.74, 6) is 1.08. The monoisotopic (exact) mass is 462 g/mol. The number of aryl methyl sites for hydroxylation is 1. The van der Waals surface area contributed by atoms with Crippen LogP contribution in [-0.4, -0.2) is 16.9 Å². The van der Waals surface area contributed by atoms with E-state index in [9.17, 15) is 4.79 Å². The molecule has 0 aliphatic heterocycles. The van der Waals surface area contributed by atoms with Gasteiger partial charge in [-0.05, 0) is 48.9 Å². The fraction of sp³-hybridized carbons (Fsp3) is 0.120. The molecule has 0 aliphatic carbocycles. The minimum atomic E-state index is -0.468. The molecule has 0 atom stereocenters. The maximum Gasteiger partial charge on any atom is 0.294 e. The molecule has 1 aromatic heterocycles. The number of ether oxygens (including phenoxy) is 2. The van der Waals surface area contributed by atoms with Crippen molar-refractivity contribution in [3.05, 3.63) is 105 Å². The van der Waals surface area contributed by atoms with Crippen molar-refractivity contribution in [1.82, 2.24) is 15.2 Å². The zero-order chi connectivity index (χ0) is 23.2. The highest BCUT2D eigenvalue weighted by Crippen LogP contribution is 2.34. The smallest absolute Gasteiger partial charge is 0.294 e. The first-order chi connectivity index (χ1) is 16.0. The lowest BCUT2D eigenvalue weighted by Gasteiger charge is -2.14. The molecule has 4 aromatic rings. The van der Waals surface area contributed by atoms with Gasteiger partial charge in [0, 0.05) is 12.2 Å². The zero-order valence-electron chi connectivity index (χ0n) is 18.2. The van der Waals surface area contributed by atoms with Crippen LogP contribution in [0.3, 0.4) is 0 Å². The van der Waals surface area contributed by atoms with Crippen molar-refractivity contribution in [2.75, 3.05) is 12.5 Å². The van der Waals surface area contributed by atoms with Crippen LogP contribution < -0.4 is 25.9 Å². The van der Waals surface area contributed by atoms with Crippen LogP contribution in [0.15, 0.2) is 83.8 Å². The van der Waals surface area contributed by atoms with Crippen molar-refractivity contribution in [3.8, 4) is 22.9 Å². The van der Waals surface area contributed by atoms with Crippen LogP contribution in [0.4, 0.5) is 5.69 Å². The lowest BCUT2D eigenvalue weighted by molar-refractivity contribution is 0.377. The van der Waals surface area contributed by atoms with Crippen LogP contribution in [0.25, 0.3) is 5.69 Å². The van der Waals surface area contributed by atoms with Gasteiger partial charge in [0.2, 0.25) is 0 Å². The minimum Gasteiger partial charge on any atom is -0.493 e. The van der Waals surface area contributed by atoms with Crippen molar-refractivity contribution in [1.29, 1.82) is 0 Å². The summed E-state index contributed by atoms with van der Waals surface area (Å²) in [6, 6.07) is 22.7. The number of hydrogen-bond donors (Lipinski definition) is 2. The molecular formula is C25H23ClN4O3. The van der Waals surface area contributed by atoms with Gasteiger partial charge < -0.3 is 14.9 Å². The van der Waals surface area contributed by atoms with Gasteiger partial charge in [-0.1, -0.05) is 53.6 Å². The molecule has 8 heteroatoms. The number of aromatic nitrogens is 2. The number of rotatable bonds is 8. The normalized spacial score (nSPS) is 10.6. The maximum absolute atomic E-state index is 12.8. The zero-order valence-corrected chi connectivity index (χ0v) is 19.0. The summed E-state index contributed by atoms with van der Waals surface area (Å²) in [4.78, 5) is 12.8. The molecule has 2 N–H and O–H groups in total. The van der Waals surface area contributed by atoms with E-state index in [-0.39, 0.29) is 10.8 Å². The van der Waals surface area contributed by atoms with Crippen LogP contribution in [0.2, 0.25) is 5.02 Å². The Labute approximate surface area is 196 Å². The molecule has 3 aromatic carbocycles. The fourth-order valence-corrected chi connectivity index (χ4v) is 3.32. The highest BCUT2D eigenvalue weighted by Gasteiger charge is 2.15. The van der Waals surface area contributed by atoms with Gasteiger partial charge in [0.1, 0.15) is 0 Å². The van der Waals surface area contributed by atoms with Crippen LogP contribution in [0, 0.1) is 6.92 Å². The van der Waals surface area contributed by atoms with Gasteiger partial charge in [-0.3, -0.25) is 4.79 Å². The number of methoxy groups -OCH3 is 1. The van der Waals surface area contributed by atoms with Gasteiger partial charge >= 0.3 is 0 Å². The Bertz CT molecular complexity index is 1290. The first-order valence-electron chi connectivity index (χ1n) is 10.3. The summed E-state index contributed by atoms with van der Waals surface area (Å²) in [6.45, 7) is 2.53. The van der Waals surface area contributed by atoms with Crippen LogP contribution in [-0.2, 0) is 6.54 Å². The van der Waals surface area contributed by atoms with Crippen molar-refractivity contribution in [2.45, 2.75) is 13.5 Å². The van der Waals surface area contributed by atoms with E-state index in [0.29, 0.717) is 23.7 Å². The average molecular weight is 463 g/mol. The molecule has 168 valence electrons. The SMILES string of the molecule is COc1cc(CNNc2ccccc2)ccc1Oc1cnn(-c2ccc(C)cc2)c(=O)c1Cl. The first kappa shape index (κ1) is 22.4. The Morgan fingerprint density at radius 3 is 2.45 bits per heavy atom. The third kappa shape index (κ3) is 5.34. The largest absolute Gasteiger partial charge is 0.493 e. The summed E-state index contributed by atoms with van der Waals surface area (Å²) < 4.78 is 12.6. The van der Waals surface area contributed by atoms with E-state index >= 15 is 0 Å². The summed E-state index contributed by atoms with van der Waals surface area (Å²) in [7, 11) is 1.55. The number of halogens is 1. The topological polar surface area (TPSA) is 77.4 Å². The van der Waals surface area contributed by atoms with Gasteiger partial charge in [-0.2, -0.15) is 9.78 Å². The van der Waals surface area contributed by atoms with Crippen LogP contribution in [0.1, 0.15) is 11.1 Å². The van der Waals surface area contributed by atoms with Crippen molar-refractivity contribution >= 4 is 17.3 Å². The Kier molecular flexibility index (Phi) is 6.92. The van der Waals surface area contributed by atoms with E-state index in [1.165, 1.54) is 10.9 Å². The number of anilines is 1. The molecule has 0 saturated heterocycles. The van der Waals surface area contributed by atoms with E-state index < -0.39 is 5.56 Å². The number of benzene rings is 3. The van der Waals surface area contributed by atoms with Gasteiger partial charge in [0.25, 0.3) is 5.56 Å². The Hall–Kier alpha value is -3.81. The van der Waals surface area contributed by atoms with Crippen molar-refractivity contribution in [3.63, 3.8) is 0 Å². The van der Waals surface area contributed by atoms with Crippen molar-refractivity contribution < 1.29 is 9.47 Å².